The van der Waals surface area contributed by atoms with Gasteiger partial charge in [0, 0.05) is 6.20 Å². The molecule has 5 nitrogen and oxygen atoms in total. The topological polar surface area (TPSA) is 58.6 Å². The van der Waals surface area contributed by atoms with Gasteiger partial charge in [0.2, 0.25) is 0 Å². The van der Waals surface area contributed by atoms with E-state index in [2.05, 4.69) is 17.6 Å². The lowest BCUT2D eigenvalue weighted by Gasteiger charge is -2.22. The number of carbonyl (C=O) groups is 2. The lowest BCUT2D eigenvalue weighted by Crippen LogP contribution is -2.29. The second-order valence-electron chi connectivity index (χ2n) is 6.92. The number of amides is 2. The molecular weight excluding hydrogens is 340 g/mol. The van der Waals surface area contributed by atoms with Crippen LogP contribution in [-0.4, -0.2) is 22.5 Å². The first-order chi connectivity index (χ1) is 12.8. The summed E-state index contributed by atoms with van der Waals surface area (Å²) in [5.41, 5.74) is 3.72. The second kappa shape index (κ2) is 8.88. The minimum atomic E-state index is -0.631. The quantitative estimate of drug-likeness (QED) is 0.762. The van der Waals surface area contributed by atoms with Gasteiger partial charge in [-0.3, -0.25) is 10.1 Å². The molecule has 0 fully saturated rings. The molecule has 1 N–H and O–H groups in total. The summed E-state index contributed by atoms with van der Waals surface area (Å²) in [7, 11) is 0. The zero-order valence-electron chi connectivity index (χ0n) is 15.9. The fourth-order valence-electron chi connectivity index (χ4n) is 2.41. The second-order valence-corrected chi connectivity index (χ2v) is 6.92. The molecule has 0 aliphatic heterocycles. The van der Waals surface area contributed by atoms with E-state index < -0.39 is 11.7 Å². The lowest BCUT2D eigenvalue weighted by atomic mass is 10.1. The molecule has 0 unspecified atom stereocenters. The maximum Gasteiger partial charge on any atom is 0.412 e. The number of carbonyl (C=O) groups excluding carboxylic acids is 2. The summed E-state index contributed by atoms with van der Waals surface area (Å²) in [6, 6.07) is 16.4. The number of ether oxygens (including phenoxy) is 1. The van der Waals surface area contributed by atoms with E-state index in [0.29, 0.717) is 17.8 Å². The van der Waals surface area contributed by atoms with Gasteiger partial charge in [-0.15, -0.1) is 5.73 Å². The Morgan fingerprint density at radius 3 is 2.37 bits per heavy atom. The zero-order chi connectivity index (χ0) is 19.9. The van der Waals surface area contributed by atoms with Gasteiger partial charge < -0.3 is 9.64 Å². The smallest absolute Gasteiger partial charge is 0.412 e. The van der Waals surface area contributed by atoms with Crippen LogP contribution in [0.1, 0.15) is 36.7 Å². The monoisotopic (exact) mass is 364 g/mol. The predicted octanol–water partition coefficient (Wildman–Crippen LogP) is 4.97. The number of hydrogen-bond acceptors (Lipinski definition) is 3. The third kappa shape index (κ3) is 6.17. The van der Waals surface area contributed by atoms with E-state index >= 15 is 0 Å². The maximum absolute atomic E-state index is 13.1. The molecule has 0 saturated carbocycles. The highest BCUT2D eigenvalue weighted by Crippen LogP contribution is 2.20. The van der Waals surface area contributed by atoms with E-state index in [4.69, 9.17) is 4.74 Å². The van der Waals surface area contributed by atoms with Crippen LogP contribution >= 0.6 is 0 Å². The normalized spacial score (nSPS) is 10.5. The van der Waals surface area contributed by atoms with Crippen molar-refractivity contribution in [3.8, 4) is 0 Å². The minimum Gasteiger partial charge on any atom is -0.444 e. The molecule has 2 amide bonds. The number of para-hydroxylation sites is 1. The van der Waals surface area contributed by atoms with Crippen LogP contribution in [-0.2, 0) is 11.3 Å². The first kappa shape index (κ1) is 20.0. The third-order valence-corrected chi connectivity index (χ3v) is 3.50. The molecule has 0 atom stereocenters. The molecule has 0 aliphatic rings. The van der Waals surface area contributed by atoms with Gasteiger partial charge in [-0.1, -0.05) is 49.0 Å². The molecule has 0 aliphatic carbocycles. The Kier molecular flexibility index (Phi) is 6.58. The number of hydrogen-bond donors (Lipinski definition) is 1. The van der Waals surface area contributed by atoms with Gasteiger partial charge >= 0.3 is 6.09 Å². The van der Waals surface area contributed by atoms with Gasteiger partial charge in [0.05, 0.1) is 17.8 Å². The van der Waals surface area contributed by atoms with Gasteiger partial charge in [-0.2, -0.15) is 0 Å². The van der Waals surface area contributed by atoms with Gasteiger partial charge in [0.25, 0.3) is 5.91 Å². The SMILES string of the molecule is C=C=CN(Cc1ccccc1)C(=O)c1ccccc1NC(=O)OC(C)(C)C. The highest BCUT2D eigenvalue weighted by Gasteiger charge is 2.21. The van der Waals surface area contributed by atoms with Crippen LogP contribution in [0.5, 0.6) is 0 Å². The van der Waals surface area contributed by atoms with Crippen LogP contribution in [0.3, 0.4) is 0 Å². The Bertz CT molecular complexity index is 847. The van der Waals surface area contributed by atoms with E-state index in [1.54, 1.807) is 45.0 Å². The first-order valence-electron chi connectivity index (χ1n) is 8.60. The van der Waals surface area contributed by atoms with Crippen molar-refractivity contribution in [1.29, 1.82) is 0 Å². The van der Waals surface area contributed by atoms with E-state index in [9.17, 15) is 9.59 Å². The summed E-state index contributed by atoms with van der Waals surface area (Å²) in [6.45, 7) is 9.26. The molecule has 2 aromatic carbocycles. The number of anilines is 1. The van der Waals surface area contributed by atoms with E-state index in [-0.39, 0.29) is 5.91 Å². The van der Waals surface area contributed by atoms with Gasteiger partial charge in [-0.05, 0) is 38.5 Å². The molecule has 27 heavy (non-hydrogen) atoms. The summed E-state index contributed by atoms with van der Waals surface area (Å²) in [5, 5.41) is 2.65. The van der Waals surface area contributed by atoms with Crippen molar-refractivity contribution in [3.05, 3.63) is 84.2 Å². The van der Waals surface area contributed by atoms with Crippen molar-refractivity contribution in [2.24, 2.45) is 0 Å². The van der Waals surface area contributed by atoms with E-state index in [1.165, 1.54) is 11.1 Å². The fourth-order valence-corrected chi connectivity index (χ4v) is 2.41. The summed E-state index contributed by atoms with van der Waals surface area (Å²) in [4.78, 5) is 26.7. The summed E-state index contributed by atoms with van der Waals surface area (Å²) < 4.78 is 5.27. The fraction of sp³-hybridized carbons (Fsp3) is 0.227. The average Bonchev–Trinajstić information content (AvgIpc) is 2.60. The molecule has 0 bridgehead atoms. The van der Waals surface area contributed by atoms with Crippen molar-refractivity contribution in [2.45, 2.75) is 32.9 Å². The summed E-state index contributed by atoms with van der Waals surface area (Å²) in [5.74, 6) is -0.276. The number of nitrogens with one attached hydrogen (secondary N) is 1. The molecule has 0 heterocycles. The first-order valence-corrected chi connectivity index (χ1v) is 8.60. The van der Waals surface area contributed by atoms with Crippen molar-refractivity contribution >= 4 is 17.7 Å². The molecule has 0 aromatic heterocycles. The molecule has 2 rings (SSSR count). The van der Waals surface area contributed by atoms with Crippen molar-refractivity contribution in [3.63, 3.8) is 0 Å². The van der Waals surface area contributed by atoms with Crippen LogP contribution in [0.25, 0.3) is 0 Å². The molecule has 0 saturated heterocycles. The molecule has 140 valence electrons. The predicted molar refractivity (Wildman–Crippen MR) is 106 cm³/mol. The highest BCUT2D eigenvalue weighted by molar-refractivity contribution is 6.03. The Hall–Kier alpha value is -3.30. The van der Waals surface area contributed by atoms with Crippen molar-refractivity contribution < 1.29 is 14.3 Å². The largest absolute Gasteiger partial charge is 0.444 e. The van der Waals surface area contributed by atoms with Crippen LogP contribution in [0, 0.1) is 0 Å². The molecule has 0 spiro atoms. The van der Waals surface area contributed by atoms with E-state index in [1.807, 2.05) is 30.3 Å². The zero-order valence-corrected chi connectivity index (χ0v) is 15.9. The van der Waals surface area contributed by atoms with Crippen LogP contribution < -0.4 is 5.32 Å². The van der Waals surface area contributed by atoms with Gasteiger partial charge in [0.15, 0.2) is 0 Å². The van der Waals surface area contributed by atoms with Gasteiger partial charge in [0.1, 0.15) is 5.60 Å². The standard InChI is InChI=1S/C22H24N2O3/c1-5-15-24(16-17-11-7-6-8-12-17)20(25)18-13-9-10-14-19(18)23-21(26)27-22(2,3)4/h6-15H,1,16H2,2-4H3,(H,23,26). The molecule has 0 radical (unpaired) electrons. The average molecular weight is 364 g/mol. The maximum atomic E-state index is 13.1. The van der Waals surface area contributed by atoms with Crippen molar-refractivity contribution in [1.82, 2.24) is 4.90 Å². The number of benzene rings is 2. The Balaban J connectivity index is 2.25. The van der Waals surface area contributed by atoms with Gasteiger partial charge in [-0.25, -0.2) is 4.79 Å². The number of nitrogens with zero attached hydrogens (tertiary/aromatic N) is 1. The third-order valence-electron chi connectivity index (χ3n) is 3.50. The van der Waals surface area contributed by atoms with Crippen LogP contribution in [0.2, 0.25) is 0 Å². The molecule has 2 aromatic rings. The van der Waals surface area contributed by atoms with Crippen LogP contribution in [0.15, 0.2) is 73.1 Å². The summed E-state index contributed by atoms with van der Waals surface area (Å²) in [6.07, 6.45) is 0.885. The summed E-state index contributed by atoms with van der Waals surface area (Å²) >= 11 is 0. The highest BCUT2D eigenvalue weighted by atomic mass is 16.6. The molecule has 5 heteroatoms. The Labute approximate surface area is 160 Å². The van der Waals surface area contributed by atoms with Crippen LogP contribution in [0.4, 0.5) is 10.5 Å². The lowest BCUT2D eigenvalue weighted by molar-refractivity contribution is 0.0636. The van der Waals surface area contributed by atoms with E-state index in [0.717, 1.165) is 5.56 Å². The molecular formula is C22H24N2O3. The van der Waals surface area contributed by atoms with Crippen molar-refractivity contribution in [2.75, 3.05) is 5.32 Å². The minimum absolute atomic E-state index is 0.276. The number of rotatable bonds is 5. The Morgan fingerprint density at radius 2 is 1.74 bits per heavy atom. The Morgan fingerprint density at radius 1 is 1.11 bits per heavy atom.